The van der Waals surface area contributed by atoms with E-state index < -0.39 is 29.6 Å². The minimum Gasteiger partial charge on any atom is -0.350 e. The Morgan fingerprint density at radius 1 is 1.15 bits per heavy atom. The summed E-state index contributed by atoms with van der Waals surface area (Å²) >= 11 is 0. The molecule has 2 unspecified atom stereocenters. The first kappa shape index (κ1) is 30.4. The molecule has 12 nitrogen and oxygen atoms in total. The average Bonchev–Trinajstić information content (AvgIpc) is 3.79. The summed E-state index contributed by atoms with van der Waals surface area (Å²) in [6.45, 7) is 2.51. The molecule has 0 saturated carbocycles. The average molecular weight is 640 g/mol. The Morgan fingerprint density at radius 2 is 1.96 bits per heavy atom. The topological polar surface area (TPSA) is 131 Å². The van der Waals surface area contributed by atoms with Crippen LogP contribution >= 0.6 is 0 Å². The molecule has 0 spiro atoms. The molecule has 5 aliphatic rings. The van der Waals surface area contributed by atoms with Gasteiger partial charge >= 0.3 is 6.18 Å². The van der Waals surface area contributed by atoms with Crippen LogP contribution in [0.25, 0.3) is 0 Å². The van der Waals surface area contributed by atoms with E-state index in [9.17, 15) is 27.6 Å². The zero-order chi connectivity index (χ0) is 32.1. The maximum atomic E-state index is 13.6. The van der Waals surface area contributed by atoms with Crippen molar-refractivity contribution in [2.24, 2.45) is 15.9 Å². The number of rotatable bonds is 7. The quantitative estimate of drug-likeness (QED) is 0.458. The second-order valence-corrected chi connectivity index (χ2v) is 12.6. The van der Waals surface area contributed by atoms with Gasteiger partial charge in [0.25, 0.3) is 5.91 Å². The third-order valence-corrected chi connectivity index (χ3v) is 9.57. The van der Waals surface area contributed by atoms with E-state index in [2.05, 4.69) is 41.3 Å². The molecular formula is C30H33F4N11O. The number of alkyl halides is 4. The first-order valence-electron chi connectivity index (χ1n) is 15.4. The number of carbonyl (C=O) groups is 1. The number of amidine groups is 1. The van der Waals surface area contributed by atoms with E-state index in [-0.39, 0.29) is 48.9 Å². The molecule has 3 saturated heterocycles. The molecule has 5 aliphatic heterocycles. The lowest BCUT2D eigenvalue weighted by molar-refractivity contribution is -0.145. The summed E-state index contributed by atoms with van der Waals surface area (Å²) in [5.74, 6) is -1.08. The number of likely N-dealkylation sites (tertiary alicyclic amines) is 3. The van der Waals surface area contributed by atoms with Crippen LogP contribution in [0, 0.1) is 17.2 Å². The number of nitrogens with zero attached hydrogens (tertiary/aromatic N) is 10. The molecule has 0 aliphatic carbocycles. The maximum absolute atomic E-state index is 13.6. The number of carbonyl (C=O) groups excluding carboxylic acids is 1. The van der Waals surface area contributed by atoms with Crippen molar-refractivity contribution in [2.75, 3.05) is 39.3 Å². The number of amides is 1. The largest absolute Gasteiger partial charge is 0.451 e. The van der Waals surface area contributed by atoms with Crippen molar-refractivity contribution in [3.63, 3.8) is 0 Å². The highest BCUT2D eigenvalue weighted by Gasteiger charge is 2.49. The monoisotopic (exact) mass is 639 g/mol. The van der Waals surface area contributed by atoms with Crippen LogP contribution in [0.3, 0.4) is 0 Å². The summed E-state index contributed by atoms with van der Waals surface area (Å²) in [6.07, 6.45) is 5.23. The zero-order valence-corrected chi connectivity index (χ0v) is 24.9. The van der Waals surface area contributed by atoms with Crippen LogP contribution in [0.1, 0.15) is 59.3 Å². The third-order valence-electron chi connectivity index (χ3n) is 9.57. The van der Waals surface area contributed by atoms with Crippen molar-refractivity contribution in [3.05, 3.63) is 53.5 Å². The van der Waals surface area contributed by atoms with Crippen molar-refractivity contribution in [2.45, 2.75) is 62.2 Å². The fraction of sp³-hybridized carbons (Fsp3) is 0.567. The van der Waals surface area contributed by atoms with Crippen molar-refractivity contribution in [1.29, 1.82) is 5.26 Å². The first-order valence-corrected chi connectivity index (χ1v) is 15.4. The molecule has 0 radical (unpaired) electrons. The molecule has 7 rings (SSSR count). The molecule has 3 atom stereocenters. The standard InChI is InChI=1S/C30H33F4N11O/c31-20-2-8-42(14-20)15-21-11-24(41-28(40-21)30(32,33)34)27(46)43-9-3-22(4-10-43)44-16-29(17-44,5-6-35)45-13-19(12-39-45)25-23-1-7-36-26(23)38-18-37-25/h1,7,11-13,18,20,22-23,25H,2-5,8-10,14-17H2,(H,36,37,38)/t20-,23?,25?/m0/s1. The van der Waals surface area contributed by atoms with Gasteiger partial charge in [0.15, 0.2) is 0 Å². The van der Waals surface area contributed by atoms with Crippen LogP contribution in [0.2, 0.25) is 0 Å². The maximum Gasteiger partial charge on any atom is 0.451 e. The number of hydrogen-bond acceptors (Lipinski definition) is 10. The summed E-state index contributed by atoms with van der Waals surface area (Å²) in [4.78, 5) is 35.0. The molecule has 242 valence electrons. The second-order valence-electron chi connectivity index (χ2n) is 12.6. The number of fused-ring (bicyclic) bond motifs is 1. The van der Waals surface area contributed by atoms with Gasteiger partial charge in [-0.3, -0.25) is 24.3 Å². The van der Waals surface area contributed by atoms with E-state index in [1.807, 2.05) is 23.2 Å². The van der Waals surface area contributed by atoms with E-state index in [0.29, 0.717) is 52.0 Å². The summed E-state index contributed by atoms with van der Waals surface area (Å²) in [6, 6.07) is 3.62. The number of aliphatic imine (C=N–C) groups is 2. The van der Waals surface area contributed by atoms with Gasteiger partial charge in [0.2, 0.25) is 5.82 Å². The number of hydrogen-bond donors (Lipinski definition) is 1. The molecule has 0 aromatic carbocycles. The minimum atomic E-state index is -4.82. The van der Waals surface area contributed by atoms with E-state index >= 15 is 0 Å². The first-order chi connectivity index (χ1) is 22.1. The highest BCUT2D eigenvalue weighted by molar-refractivity contribution is 5.96. The minimum absolute atomic E-state index is 0.0172. The lowest BCUT2D eigenvalue weighted by atomic mass is 9.83. The van der Waals surface area contributed by atoms with Gasteiger partial charge in [0.05, 0.1) is 36.3 Å². The van der Waals surface area contributed by atoms with Crippen LogP contribution in [-0.2, 0) is 18.3 Å². The summed E-state index contributed by atoms with van der Waals surface area (Å²) < 4.78 is 56.4. The molecule has 16 heteroatoms. The third kappa shape index (κ3) is 5.77. The van der Waals surface area contributed by atoms with Crippen molar-refractivity contribution in [1.82, 2.24) is 39.8 Å². The lowest BCUT2D eigenvalue weighted by Gasteiger charge is -2.53. The molecule has 2 aromatic heterocycles. The van der Waals surface area contributed by atoms with Crippen LogP contribution in [0.15, 0.2) is 40.7 Å². The summed E-state index contributed by atoms with van der Waals surface area (Å²) in [5.41, 5.74) is 0.203. The summed E-state index contributed by atoms with van der Waals surface area (Å²) in [7, 11) is 0. The van der Waals surface area contributed by atoms with E-state index in [1.165, 1.54) is 11.0 Å². The highest BCUT2D eigenvalue weighted by atomic mass is 19.4. The van der Waals surface area contributed by atoms with Crippen LogP contribution < -0.4 is 5.32 Å². The highest BCUT2D eigenvalue weighted by Crippen LogP contribution is 2.38. The Morgan fingerprint density at radius 3 is 2.67 bits per heavy atom. The van der Waals surface area contributed by atoms with Gasteiger partial charge in [-0.05, 0) is 31.5 Å². The Kier molecular flexibility index (Phi) is 7.84. The molecule has 7 heterocycles. The van der Waals surface area contributed by atoms with Crippen LogP contribution in [0.4, 0.5) is 17.6 Å². The number of piperidine rings is 1. The molecule has 46 heavy (non-hydrogen) atoms. The molecule has 1 amide bonds. The number of nitrogens with one attached hydrogen (secondary N) is 1. The van der Waals surface area contributed by atoms with Crippen LogP contribution in [0.5, 0.6) is 0 Å². The normalized spacial score (nSPS) is 26.4. The van der Waals surface area contributed by atoms with Gasteiger partial charge in [0.1, 0.15) is 29.6 Å². The summed E-state index contributed by atoms with van der Waals surface area (Å²) in [5, 5.41) is 17.5. The molecule has 2 aromatic rings. The Balaban J connectivity index is 0.986. The molecule has 1 N–H and O–H groups in total. The van der Waals surface area contributed by atoms with E-state index in [4.69, 9.17) is 0 Å². The van der Waals surface area contributed by atoms with E-state index in [1.54, 1.807) is 17.4 Å². The Labute approximate surface area is 262 Å². The Bertz CT molecular complexity index is 1610. The fourth-order valence-electron chi connectivity index (χ4n) is 7.13. The molecule has 3 fully saturated rings. The number of nitriles is 1. The Hall–Kier alpha value is -4.23. The van der Waals surface area contributed by atoms with Gasteiger partial charge < -0.3 is 10.2 Å². The van der Waals surface area contributed by atoms with Gasteiger partial charge in [-0.2, -0.15) is 23.5 Å². The predicted molar refractivity (Wildman–Crippen MR) is 157 cm³/mol. The van der Waals surface area contributed by atoms with Gasteiger partial charge in [-0.1, -0.05) is 6.08 Å². The predicted octanol–water partition coefficient (Wildman–Crippen LogP) is 2.68. The number of aromatic nitrogens is 4. The number of halogens is 4. The second kappa shape index (κ2) is 11.8. The van der Waals surface area contributed by atoms with E-state index in [0.717, 1.165) is 11.4 Å². The van der Waals surface area contributed by atoms with Crippen molar-refractivity contribution < 1.29 is 22.4 Å². The van der Waals surface area contributed by atoms with Crippen LogP contribution in [-0.4, -0.2) is 104 Å². The van der Waals surface area contributed by atoms with Gasteiger partial charge in [0, 0.05) is 63.6 Å². The van der Waals surface area contributed by atoms with Crippen molar-refractivity contribution in [3.8, 4) is 6.07 Å². The smallest absolute Gasteiger partial charge is 0.350 e. The zero-order valence-electron chi connectivity index (χ0n) is 24.9. The molecular weight excluding hydrogens is 606 g/mol. The lowest BCUT2D eigenvalue weighted by Crippen LogP contribution is -2.66. The van der Waals surface area contributed by atoms with Gasteiger partial charge in [-0.15, -0.1) is 0 Å². The SMILES string of the molecule is N#CCC1(n2cc(C3N=CN=C4NC=CC43)cn2)CN(C2CCN(C(=O)c3cc(CN4CC[C@H](F)C4)nc(C(F)(F)F)n3)CC2)C1. The van der Waals surface area contributed by atoms with Crippen molar-refractivity contribution >= 4 is 18.1 Å². The molecule has 0 bridgehead atoms. The van der Waals surface area contributed by atoms with Gasteiger partial charge in [-0.25, -0.2) is 19.4 Å². The fourth-order valence-corrected chi connectivity index (χ4v) is 7.13.